The summed E-state index contributed by atoms with van der Waals surface area (Å²) in [5, 5.41) is 3.01. The Morgan fingerprint density at radius 3 is 2.62 bits per heavy atom. The molecule has 0 aliphatic carbocycles. The molecule has 0 saturated carbocycles. The van der Waals surface area contributed by atoms with E-state index in [9.17, 15) is 4.79 Å². The summed E-state index contributed by atoms with van der Waals surface area (Å²) in [6.45, 7) is 1.98. The van der Waals surface area contributed by atoms with Gasteiger partial charge in [-0.2, -0.15) is 0 Å². The molecule has 21 heavy (non-hydrogen) atoms. The molecule has 0 bridgehead atoms. The minimum absolute atomic E-state index is 0.00123. The van der Waals surface area contributed by atoms with Gasteiger partial charge in [0.1, 0.15) is 5.75 Å². The minimum Gasteiger partial charge on any atom is -0.497 e. The molecule has 4 heteroatoms. The SMILES string of the molecule is COc1cccc(CC(=O)NC(C)c2ccc(Br)cc2)c1. The molecule has 0 fully saturated rings. The van der Waals surface area contributed by atoms with Crippen LogP contribution in [0.5, 0.6) is 5.75 Å². The number of amides is 1. The van der Waals surface area contributed by atoms with Crippen molar-refractivity contribution in [1.29, 1.82) is 0 Å². The second-order valence-corrected chi connectivity index (χ2v) is 5.78. The van der Waals surface area contributed by atoms with Crippen molar-refractivity contribution in [3.8, 4) is 5.75 Å². The highest BCUT2D eigenvalue weighted by molar-refractivity contribution is 9.10. The number of hydrogen-bond acceptors (Lipinski definition) is 2. The lowest BCUT2D eigenvalue weighted by Gasteiger charge is -2.14. The molecular formula is C17H18BrNO2. The molecular weight excluding hydrogens is 330 g/mol. The third kappa shape index (κ3) is 4.60. The lowest BCUT2D eigenvalue weighted by atomic mass is 10.1. The molecule has 1 atom stereocenters. The summed E-state index contributed by atoms with van der Waals surface area (Å²) >= 11 is 3.40. The van der Waals surface area contributed by atoms with Gasteiger partial charge in [-0.3, -0.25) is 4.79 Å². The standard InChI is InChI=1S/C17H18BrNO2/c1-12(14-6-8-15(18)9-7-14)19-17(20)11-13-4-3-5-16(10-13)21-2/h3-10,12H,11H2,1-2H3,(H,19,20). The number of ether oxygens (including phenoxy) is 1. The third-order valence-corrected chi connectivity index (χ3v) is 3.77. The summed E-state index contributed by atoms with van der Waals surface area (Å²) in [5.41, 5.74) is 2.02. The predicted octanol–water partition coefficient (Wildman–Crippen LogP) is 3.88. The van der Waals surface area contributed by atoms with Crippen LogP contribution in [0.15, 0.2) is 53.0 Å². The Balaban J connectivity index is 1.96. The maximum absolute atomic E-state index is 12.1. The van der Waals surface area contributed by atoms with Gasteiger partial charge >= 0.3 is 0 Å². The van der Waals surface area contributed by atoms with E-state index in [0.717, 1.165) is 21.3 Å². The molecule has 0 radical (unpaired) electrons. The van der Waals surface area contributed by atoms with Crippen LogP contribution in [0, 0.1) is 0 Å². The lowest BCUT2D eigenvalue weighted by Crippen LogP contribution is -2.28. The monoisotopic (exact) mass is 347 g/mol. The normalized spacial score (nSPS) is 11.8. The van der Waals surface area contributed by atoms with Crippen LogP contribution in [-0.4, -0.2) is 13.0 Å². The van der Waals surface area contributed by atoms with Gasteiger partial charge in [0, 0.05) is 4.47 Å². The van der Waals surface area contributed by atoms with Crippen LogP contribution in [0.2, 0.25) is 0 Å². The Bertz CT molecular complexity index is 610. The van der Waals surface area contributed by atoms with E-state index in [1.165, 1.54) is 0 Å². The van der Waals surface area contributed by atoms with Gasteiger partial charge in [0.05, 0.1) is 19.6 Å². The number of benzene rings is 2. The first-order valence-electron chi connectivity index (χ1n) is 6.76. The van der Waals surface area contributed by atoms with Crippen LogP contribution in [0.25, 0.3) is 0 Å². The van der Waals surface area contributed by atoms with Crippen molar-refractivity contribution in [2.24, 2.45) is 0 Å². The number of carbonyl (C=O) groups is 1. The van der Waals surface area contributed by atoms with Crippen LogP contribution in [0.4, 0.5) is 0 Å². The third-order valence-electron chi connectivity index (χ3n) is 3.25. The van der Waals surface area contributed by atoms with Crippen LogP contribution in [0.3, 0.4) is 0 Å². The van der Waals surface area contributed by atoms with Gasteiger partial charge < -0.3 is 10.1 Å². The Hall–Kier alpha value is -1.81. The van der Waals surface area contributed by atoms with Crippen molar-refractivity contribution in [3.63, 3.8) is 0 Å². The molecule has 0 aliphatic heterocycles. The molecule has 0 aromatic heterocycles. The quantitative estimate of drug-likeness (QED) is 0.891. The van der Waals surface area contributed by atoms with Gasteiger partial charge in [-0.05, 0) is 42.3 Å². The minimum atomic E-state index is -0.0174. The average Bonchev–Trinajstić information content (AvgIpc) is 2.47. The highest BCUT2D eigenvalue weighted by Gasteiger charge is 2.10. The Morgan fingerprint density at radius 1 is 1.24 bits per heavy atom. The number of hydrogen-bond donors (Lipinski definition) is 1. The summed E-state index contributed by atoms with van der Waals surface area (Å²) in [4.78, 5) is 12.1. The summed E-state index contributed by atoms with van der Waals surface area (Å²) in [6, 6.07) is 15.5. The molecule has 1 N–H and O–H groups in total. The van der Waals surface area contributed by atoms with Gasteiger partial charge in [0.2, 0.25) is 5.91 Å². The fraction of sp³-hybridized carbons (Fsp3) is 0.235. The van der Waals surface area contributed by atoms with E-state index in [-0.39, 0.29) is 11.9 Å². The number of methoxy groups -OCH3 is 1. The first kappa shape index (κ1) is 15.6. The zero-order valence-corrected chi connectivity index (χ0v) is 13.7. The van der Waals surface area contributed by atoms with Crippen LogP contribution in [0.1, 0.15) is 24.1 Å². The maximum atomic E-state index is 12.1. The molecule has 110 valence electrons. The van der Waals surface area contributed by atoms with Gasteiger partial charge in [0.15, 0.2) is 0 Å². The summed E-state index contributed by atoms with van der Waals surface area (Å²) in [5.74, 6) is 0.764. The zero-order chi connectivity index (χ0) is 15.2. The van der Waals surface area contributed by atoms with Crippen LogP contribution < -0.4 is 10.1 Å². The Morgan fingerprint density at radius 2 is 1.95 bits per heavy atom. The van der Waals surface area contributed by atoms with E-state index in [4.69, 9.17) is 4.74 Å². The van der Waals surface area contributed by atoms with Gasteiger partial charge in [-0.25, -0.2) is 0 Å². The maximum Gasteiger partial charge on any atom is 0.224 e. The van der Waals surface area contributed by atoms with E-state index >= 15 is 0 Å². The summed E-state index contributed by atoms with van der Waals surface area (Å²) in [7, 11) is 1.62. The van der Waals surface area contributed by atoms with Gasteiger partial charge in [-0.15, -0.1) is 0 Å². The number of halogens is 1. The van der Waals surface area contributed by atoms with Crippen molar-refractivity contribution in [2.75, 3.05) is 7.11 Å². The molecule has 0 saturated heterocycles. The predicted molar refractivity (Wildman–Crippen MR) is 87.4 cm³/mol. The van der Waals surface area contributed by atoms with Crippen molar-refractivity contribution in [2.45, 2.75) is 19.4 Å². The number of nitrogens with one attached hydrogen (secondary N) is 1. The van der Waals surface area contributed by atoms with E-state index < -0.39 is 0 Å². The average molecular weight is 348 g/mol. The van der Waals surface area contributed by atoms with Crippen molar-refractivity contribution in [3.05, 3.63) is 64.1 Å². The molecule has 0 aliphatic rings. The first-order valence-corrected chi connectivity index (χ1v) is 7.55. The molecule has 0 spiro atoms. The highest BCUT2D eigenvalue weighted by Crippen LogP contribution is 2.17. The van der Waals surface area contributed by atoms with Crippen molar-refractivity contribution in [1.82, 2.24) is 5.32 Å². The lowest BCUT2D eigenvalue weighted by molar-refractivity contribution is -0.121. The van der Waals surface area contributed by atoms with Gasteiger partial charge in [-0.1, -0.05) is 40.2 Å². The molecule has 1 amide bonds. The molecule has 2 aromatic rings. The molecule has 3 nitrogen and oxygen atoms in total. The molecule has 2 aromatic carbocycles. The summed E-state index contributed by atoms with van der Waals surface area (Å²) in [6.07, 6.45) is 0.345. The Labute approximate surface area is 133 Å². The van der Waals surface area contributed by atoms with Crippen LogP contribution in [-0.2, 0) is 11.2 Å². The smallest absolute Gasteiger partial charge is 0.224 e. The summed E-state index contributed by atoms with van der Waals surface area (Å²) < 4.78 is 6.19. The number of carbonyl (C=O) groups excluding carboxylic acids is 1. The first-order chi connectivity index (χ1) is 10.1. The van der Waals surface area contributed by atoms with E-state index in [0.29, 0.717) is 6.42 Å². The second kappa shape index (κ2) is 7.27. The Kier molecular flexibility index (Phi) is 5.39. The number of rotatable bonds is 5. The fourth-order valence-electron chi connectivity index (χ4n) is 2.10. The zero-order valence-electron chi connectivity index (χ0n) is 12.1. The van der Waals surface area contributed by atoms with Crippen molar-refractivity contribution >= 4 is 21.8 Å². The highest BCUT2D eigenvalue weighted by atomic mass is 79.9. The topological polar surface area (TPSA) is 38.3 Å². The molecule has 0 heterocycles. The largest absolute Gasteiger partial charge is 0.497 e. The van der Waals surface area contributed by atoms with E-state index in [2.05, 4.69) is 21.2 Å². The molecule has 2 rings (SSSR count). The fourth-order valence-corrected chi connectivity index (χ4v) is 2.36. The van der Waals surface area contributed by atoms with Crippen molar-refractivity contribution < 1.29 is 9.53 Å². The molecule has 1 unspecified atom stereocenters. The van der Waals surface area contributed by atoms with E-state index in [1.807, 2.05) is 55.5 Å². The van der Waals surface area contributed by atoms with Gasteiger partial charge in [0.25, 0.3) is 0 Å². The second-order valence-electron chi connectivity index (χ2n) is 4.87. The van der Waals surface area contributed by atoms with Crippen LogP contribution >= 0.6 is 15.9 Å². The van der Waals surface area contributed by atoms with E-state index in [1.54, 1.807) is 7.11 Å².